The van der Waals surface area contributed by atoms with Crippen molar-refractivity contribution in [1.82, 2.24) is 5.32 Å². The molecule has 1 unspecified atom stereocenters. The third-order valence-corrected chi connectivity index (χ3v) is 3.65. The first-order chi connectivity index (χ1) is 9.49. The van der Waals surface area contributed by atoms with Crippen molar-refractivity contribution in [3.63, 3.8) is 0 Å². The highest BCUT2D eigenvalue weighted by molar-refractivity contribution is 5.94. The van der Waals surface area contributed by atoms with Gasteiger partial charge in [-0.3, -0.25) is 4.79 Å². The number of rotatable bonds is 6. The van der Waals surface area contributed by atoms with Gasteiger partial charge in [0.15, 0.2) is 0 Å². The summed E-state index contributed by atoms with van der Waals surface area (Å²) >= 11 is 0. The van der Waals surface area contributed by atoms with Gasteiger partial charge >= 0.3 is 5.97 Å². The molecule has 1 aromatic carbocycles. The number of carboxylic acids is 1. The highest BCUT2D eigenvalue weighted by Gasteiger charge is 2.51. The Bertz CT molecular complexity index is 533. The topological polar surface area (TPSA) is 92.4 Å². The highest BCUT2D eigenvalue weighted by atomic mass is 16.4. The molecular weight excluding hydrogens is 256 g/mol. The van der Waals surface area contributed by atoms with Gasteiger partial charge in [0, 0.05) is 5.69 Å². The zero-order valence-corrected chi connectivity index (χ0v) is 11.1. The van der Waals surface area contributed by atoms with Crippen molar-refractivity contribution in [1.29, 1.82) is 0 Å². The molecule has 0 heterocycles. The number of benzene rings is 1. The molecule has 0 aliphatic heterocycles. The lowest BCUT2D eigenvalue weighted by Crippen LogP contribution is -2.45. The standard InChI is InChI=1S/C15H18N2O3/c1-2-3-12(13(18)19)17-14(20)15(8-9-15)10-4-6-11(16)7-5-10/h2,4-7,12H,1,3,8-9,16H2,(H,17,20)(H,18,19). The van der Waals surface area contributed by atoms with Crippen molar-refractivity contribution in [2.75, 3.05) is 5.73 Å². The molecule has 4 N–H and O–H groups in total. The van der Waals surface area contributed by atoms with Gasteiger partial charge in [-0.05, 0) is 37.0 Å². The van der Waals surface area contributed by atoms with Crippen LogP contribution in [0.2, 0.25) is 0 Å². The summed E-state index contributed by atoms with van der Waals surface area (Å²) in [6, 6.07) is 6.23. The SMILES string of the molecule is C=CCC(NC(=O)C1(c2ccc(N)cc2)CC1)C(=O)O. The molecule has 5 heteroatoms. The third-order valence-electron chi connectivity index (χ3n) is 3.65. The monoisotopic (exact) mass is 274 g/mol. The molecule has 0 saturated heterocycles. The van der Waals surface area contributed by atoms with Crippen LogP contribution in [0.5, 0.6) is 0 Å². The fraction of sp³-hybridized carbons (Fsp3) is 0.333. The van der Waals surface area contributed by atoms with E-state index in [2.05, 4.69) is 11.9 Å². The normalized spacial score (nSPS) is 17.0. The Labute approximate surface area is 117 Å². The molecule has 0 radical (unpaired) electrons. The van der Waals surface area contributed by atoms with Gasteiger partial charge in [-0.1, -0.05) is 18.2 Å². The lowest BCUT2D eigenvalue weighted by molar-refractivity contribution is -0.142. The molecule has 0 aromatic heterocycles. The molecule has 106 valence electrons. The second-order valence-electron chi connectivity index (χ2n) is 5.09. The Hall–Kier alpha value is -2.30. The zero-order chi connectivity index (χ0) is 14.8. The number of nitrogens with one attached hydrogen (secondary N) is 1. The summed E-state index contributed by atoms with van der Waals surface area (Å²) in [5.74, 6) is -1.29. The number of amides is 1. The minimum absolute atomic E-state index is 0.207. The average Bonchev–Trinajstić information content (AvgIpc) is 3.20. The maximum Gasteiger partial charge on any atom is 0.326 e. The Kier molecular flexibility index (Phi) is 3.79. The predicted molar refractivity (Wildman–Crippen MR) is 76.1 cm³/mol. The molecular formula is C15H18N2O3. The minimum atomic E-state index is -1.05. The number of carbonyl (C=O) groups excluding carboxylic acids is 1. The number of carbonyl (C=O) groups is 2. The van der Waals surface area contributed by atoms with Crippen LogP contribution in [0, 0.1) is 0 Å². The molecule has 1 amide bonds. The van der Waals surface area contributed by atoms with Crippen LogP contribution in [0.15, 0.2) is 36.9 Å². The van der Waals surface area contributed by atoms with Gasteiger partial charge in [0.25, 0.3) is 0 Å². The number of nitrogens with two attached hydrogens (primary N) is 1. The zero-order valence-electron chi connectivity index (χ0n) is 11.1. The van der Waals surface area contributed by atoms with Crippen molar-refractivity contribution in [2.45, 2.75) is 30.7 Å². The summed E-state index contributed by atoms with van der Waals surface area (Å²) in [7, 11) is 0. The second-order valence-corrected chi connectivity index (χ2v) is 5.09. The Balaban J connectivity index is 2.13. The minimum Gasteiger partial charge on any atom is -0.480 e. The van der Waals surface area contributed by atoms with Gasteiger partial charge in [-0.15, -0.1) is 6.58 Å². The summed E-state index contributed by atoms with van der Waals surface area (Å²) in [5.41, 5.74) is 6.56. The third kappa shape index (κ3) is 2.66. The molecule has 1 fully saturated rings. The Morgan fingerprint density at radius 3 is 2.45 bits per heavy atom. The number of aliphatic carboxylic acids is 1. The smallest absolute Gasteiger partial charge is 0.326 e. The van der Waals surface area contributed by atoms with E-state index in [-0.39, 0.29) is 12.3 Å². The maximum atomic E-state index is 12.4. The summed E-state index contributed by atoms with van der Waals surface area (Å²) in [4.78, 5) is 23.4. The van der Waals surface area contributed by atoms with Gasteiger partial charge in [0.1, 0.15) is 6.04 Å². The van der Waals surface area contributed by atoms with Crippen LogP contribution in [0.4, 0.5) is 5.69 Å². The van der Waals surface area contributed by atoms with Crippen molar-refractivity contribution in [3.05, 3.63) is 42.5 Å². The summed E-state index contributed by atoms with van der Waals surface area (Å²) in [6.45, 7) is 3.51. The molecule has 2 rings (SSSR count). The van der Waals surface area contributed by atoms with E-state index in [1.807, 2.05) is 12.1 Å². The largest absolute Gasteiger partial charge is 0.480 e. The predicted octanol–water partition coefficient (Wildman–Crippen LogP) is 1.45. The van der Waals surface area contributed by atoms with Crippen LogP contribution in [-0.4, -0.2) is 23.0 Å². The van der Waals surface area contributed by atoms with Crippen molar-refractivity contribution in [3.8, 4) is 0 Å². The van der Waals surface area contributed by atoms with Crippen molar-refractivity contribution < 1.29 is 14.7 Å². The van der Waals surface area contributed by atoms with Gasteiger partial charge < -0.3 is 16.2 Å². The average molecular weight is 274 g/mol. The van der Waals surface area contributed by atoms with E-state index in [0.29, 0.717) is 5.69 Å². The van der Waals surface area contributed by atoms with Gasteiger partial charge in [0.05, 0.1) is 5.41 Å². The maximum absolute atomic E-state index is 12.4. The van der Waals surface area contributed by atoms with E-state index in [4.69, 9.17) is 10.8 Å². The Morgan fingerprint density at radius 2 is 2.00 bits per heavy atom. The van der Waals surface area contributed by atoms with Crippen LogP contribution in [-0.2, 0) is 15.0 Å². The van der Waals surface area contributed by atoms with E-state index in [9.17, 15) is 9.59 Å². The Morgan fingerprint density at radius 1 is 1.40 bits per heavy atom. The van der Waals surface area contributed by atoms with E-state index in [0.717, 1.165) is 18.4 Å². The quantitative estimate of drug-likeness (QED) is 0.540. The number of hydrogen-bond donors (Lipinski definition) is 3. The first-order valence-electron chi connectivity index (χ1n) is 6.50. The lowest BCUT2D eigenvalue weighted by atomic mass is 9.94. The van der Waals surface area contributed by atoms with Gasteiger partial charge in [0.2, 0.25) is 5.91 Å². The summed E-state index contributed by atoms with van der Waals surface area (Å²) in [6.07, 6.45) is 3.15. The fourth-order valence-corrected chi connectivity index (χ4v) is 2.26. The molecule has 1 saturated carbocycles. The van der Waals surface area contributed by atoms with Crippen LogP contribution < -0.4 is 11.1 Å². The first-order valence-corrected chi connectivity index (χ1v) is 6.50. The lowest BCUT2D eigenvalue weighted by Gasteiger charge is -2.19. The number of carboxylic acid groups (broad SMARTS) is 1. The second kappa shape index (κ2) is 5.36. The molecule has 1 aliphatic rings. The molecule has 20 heavy (non-hydrogen) atoms. The summed E-state index contributed by atoms with van der Waals surface area (Å²) < 4.78 is 0. The van der Waals surface area contributed by atoms with E-state index < -0.39 is 17.4 Å². The molecule has 5 nitrogen and oxygen atoms in total. The molecule has 1 atom stereocenters. The van der Waals surface area contributed by atoms with Crippen LogP contribution in [0.3, 0.4) is 0 Å². The molecule has 1 aromatic rings. The number of anilines is 1. The van der Waals surface area contributed by atoms with Crippen molar-refractivity contribution in [2.24, 2.45) is 0 Å². The molecule has 0 spiro atoms. The van der Waals surface area contributed by atoms with E-state index >= 15 is 0 Å². The first kappa shape index (κ1) is 14.1. The van der Waals surface area contributed by atoms with E-state index in [1.165, 1.54) is 6.08 Å². The fourth-order valence-electron chi connectivity index (χ4n) is 2.26. The van der Waals surface area contributed by atoms with Crippen molar-refractivity contribution >= 4 is 17.6 Å². The number of hydrogen-bond acceptors (Lipinski definition) is 3. The molecule has 1 aliphatic carbocycles. The van der Waals surface area contributed by atoms with Crippen LogP contribution in [0.1, 0.15) is 24.8 Å². The summed E-state index contributed by atoms with van der Waals surface area (Å²) in [5, 5.41) is 11.7. The highest BCUT2D eigenvalue weighted by Crippen LogP contribution is 2.48. The molecule has 0 bridgehead atoms. The number of nitrogen functional groups attached to an aromatic ring is 1. The van der Waals surface area contributed by atoms with E-state index in [1.54, 1.807) is 12.1 Å². The van der Waals surface area contributed by atoms with Crippen LogP contribution in [0.25, 0.3) is 0 Å². The van der Waals surface area contributed by atoms with Crippen LogP contribution >= 0.6 is 0 Å². The van der Waals surface area contributed by atoms with Gasteiger partial charge in [-0.25, -0.2) is 4.79 Å². The van der Waals surface area contributed by atoms with Gasteiger partial charge in [-0.2, -0.15) is 0 Å².